The van der Waals surface area contributed by atoms with Gasteiger partial charge in [-0.3, -0.25) is 0 Å². The first-order valence-electron chi connectivity index (χ1n) is 0.535. The van der Waals surface area contributed by atoms with Crippen molar-refractivity contribution in [2.24, 2.45) is 0 Å². The van der Waals surface area contributed by atoms with Crippen molar-refractivity contribution in [1.29, 1.82) is 0 Å². The summed E-state index contributed by atoms with van der Waals surface area (Å²) in [6.07, 6.45) is 0. The largest absolute Gasteiger partial charge is 0.222 e. The molecule has 4 heavy (non-hydrogen) atoms. The van der Waals surface area contributed by atoms with Crippen LogP contribution in [0.4, 0.5) is 0 Å². The van der Waals surface area contributed by atoms with Gasteiger partial charge >= 0.3 is 0 Å². The molecule has 0 saturated heterocycles. The van der Waals surface area contributed by atoms with Crippen LogP contribution in [0, 0.1) is 0 Å². The quantitative estimate of drug-likeness (QED) is 0.307. The molecule has 0 aliphatic rings. The summed E-state index contributed by atoms with van der Waals surface area (Å²) in [6, 6.07) is 0. The van der Waals surface area contributed by atoms with Crippen LogP contribution in [0.25, 0.3) is 0 Å². The van der Waals surface area contributed by atoms with E-state index in [2.05, 4.69) is 0 Å². The van der Waals surface area contributed by atoms with Gasteiger partial charge in [0.25, 0.3) is 0 Å². The van der Waals surface area contributed by atoms with Crippen LogP contribution in [0.15, 0.2) is 0 Å². The van der Waals surface area contributed by atoms with Gasteiger partial charge in [0, 0.05) is 8.41 Å². The fourth-order valence-corrected chi connectivity index (χ4v) is 0. The molecule has 0 amide bonds. The average Bonchev–Trinajstić information content (AvgIpc) is 0.918. The van der Waals surface area contributed by atoms with Crippen LogP contribution < -0.4 is 0 Å². The van der Waals surface area contributed by atoms with E-state index in [1.54, 1.807) is 0 Å². The number of rotatable bonds is 0. The standard InChI is InChI=1S/B.Cl2H2Si/c;1-3-2/h;3H2. The number of hydrogen-bond acceptors (Lipinski definition) is 0. The number of halogens is 2. The van der Waals surface area contributed by atoms with Crippen molar-refractivity contribution in [1.82, 2.24) is 0 Å². The molecule has 0 aromatic carbocycles. The minimum atomic E-state index is -0.639. The lowest BCUT2D eigenvalue weighted by molar-refractivity contribution is 4.39. The average molecular weight is 112 g/mol. The third-order valence-corrected chi connectivity index (χ3v) is 0. The van der Waals surface area contributed by atoms with E-state index in [1.807, 2.05) is 0 Å². The molecular formula is H2BCl2Si. The van der Waals surface area contributed by atoms with Crippen molar-refractivity contribution in [3.05, 3.63) is 0 Å². The minimum Gasteiger partial charge on any atom is -0.155 e. The lowest BCUT2D eigenvalue weighted by Crippen LogP contribution is -1.36. The third kappa shape index (κ3) is 13.4. The van der Waals surface area contributed by atoms with Crippen LogP contribution in [-0.4, -0.2) is 16.6 Å². The van der Waals surface area contributed by atoms with E-state index in [1.165, 1.54) is 0 Å². The highest BCUT2D eigenvalue weighted by Crippen LogP contribution is 1.67. The molecule has 4 heteroatoms. The first-order valence-corrected chi connectivity index (χ1v) is 4.81. The van der Waals surface area contributed by atoms with Crippen molar-refractivity contribution in [3.63, 3.8) is 0 Å². The van der Waals surface area contributed by atoms with Gasteiger partial charge < -0.3 is 0 Å². The van der Waals surface area contributed by atoms with Crippen LogP contribution in [0.3, 0.4) is 0 Å². The maximum Gasteiger partial charge on any atom is 0.222 e. The Labute approximate surface area is 39.3 Å². The predicted octanol–water partition coefficient (Wildman–Crippen LogP) is 0.0820. The van der Waals surface area contributed by atoms with Crippen LogP contribution in [-0.2, 0) is 0 Å². The molecule has 0 unspecified atom stereocenters. The molecule has 0 N–H and O–H groups in total. The highest BCUT2D eigenvalue weighted by molar-refractivity contribution is 7.22. The lowest BCUT2D eigenvalue weighted by Gasteiger charge is -1.39. The maximum atomic E-state index is 4.90. The second-order valence-electron chi connectivity index (χ2n) is 0.101. The summed E-state index contributed by atoms with van der Waals surface area (Å²) < 4.78 is 0. The van der Waals surface area contributed by atoms with Gasteiger partial charge in [0.1, 0.15) is 0 Å². The van der Waals surface area contributed by atoms with Gasteiger partial charge in [0.05, 0.1) is 0 Å². The minimum absolute atomic E-state index is 0. The Morgan fingerprint density at radius 1 is 1.25 bits per heavy atom. The summed E-state index contributed by atoms with van der Waals surface area (Å²) in [5.74, 6) is 0. The molecule has 0 heterocycles. The normalized spacial score (nSPS) is 4.50. The maximum absolute atomic E-state index is 4.90. The predicted molar refractivity (Wildman–Crippen MR) is 26.0 cm³/mol. The molecule has 0 fully saturated rings. The van der Waals surface area contributed by atoms with E-state index in [4.69, 9.17) is 22.2 Å². The first-order chi connectivity index (χ1) is 1.41. The van der Waals surface area contributed by atoms with Gasteiger partial charge in [0.2, 0.25) is 8.14 Å². The molecule has 3 radical (unpaired) electrons. The smallest absolute Gasteiger partial charge is 0.155 e. The summed E-state index contributed by atoms with van der Waals surface area (Å²) in [6.45, 7) is 0. The van der Waals surface area contributed by atoms with E-state index >= 15 is 0 Å². The summed E-state index contributed by atoms with van der Waals surface area (Å²) in [7, 11) is -0.639. The van der Waals surface area contributed by atoms with Crippen molar-refractivity contribution in [2.75, 3.05) is 0 Å². The zero-order valence-corrected chi connectivity index (χ0v) is 4.97. The fraction of sp³-hybridized carbons (Fsp3) is 0. The SMILES string of the molecule is Cl[SiH2]Cl.[B]. The molecule has 0 rings (SSSR count). The molecule has 0 bridgehead atoms. The second-order valence-corrected chi connectivity index (χ2v) is 2.73. The van der Waals surface area contributed by atoms with Crippen molar-refractivity contribution >= 4 is 38.7 Å². The van der Waals surface area contributed by atoms with Crippen molar-refractivity contribution < 1.29 is 0 Å². The molecule has 0 aromatic rings. The van der Waals surface area contributed by atoms with E-state index in [0.29, 0.717) is 0 Å². The van der Waals surface area contributed by atoms with Crippen LogP contribution in [0.2, 0.25) is 0 Å². The van der Waals surface area contributed by atoms with Gasteiger partial charge in [-0.05, 0) is 0 Å². The molecule has 0 atom stereocenters. The molecule has 0 aromatic heterocycles. The van der Waals surface area contributed by atoms with E-state index in [9.17, 15) is 0 Å². The van der Waals surface area contributed by atoms with Crippen LogP contribution in [0.5, 0.6) is 0 Å². The molecular weight excluding hydrogens is 110 g/mol. The Balaban J connectivity index is 0. The fourth-order valence-electron chi connectivity index (χ4n) is 0. The van der Waals surface area contributed by atoms with Crippen LogP contribution >= 0.6 is 22.2 Å². The highest BCUT2D eigenvalue weighted by atomic mass is 35.7. The first kappa shape index (κ1) is 8.85. The van der Waals surface area contributed by atoms with Gasteiger partial charge in [-0.15, -0.1) is 0 Å². The van der Waals surface area contributed by atoms with Crippen LogP contribution in [0.1, 0.15) is 0 Å². The molecule has 0 aliphatic heterocycles. The molecule has 0 spiro atoms. The Kier molecular flexibility index (Phi) is 20.2. The van der Waals surface area contributed by atoms with Gasteiger partial charge in [-0.2, -0.15) is 22.2 Å². The van der Waals surface area contributed by atoms with Gasteiger partial charge in [-0.1, -0.05) is 0 Å². The highest BCUT2D eigenvalue weighted by Gasteiger charge is 1.46. The monoisotopic (exact) mass is 111 g/mol. The van der Waals surface area contributed by atoms with E-state index < -0.39 is 8.14 Å². The lowest BCUT2D eigenvalue weighted by atomic mass is 10.8. The summed E-state index contributed by atoms with van der Waals surface area (Å²) in [5.41, 5.74) is 0. The van der Waals surface area contributed by atoms with Gasteiger partial charge in [0.15, 0.2) is 0 Å². The summed E-state index contributed by atoms with van der Waals surface area (Å²) in [5, 5.41) is 0. The topological polar surface area (TPSA) is 0 Å². The zero-order chi connectivity index (χ0) is 2.71. The Hall–Kier alpha value is 0.862. The summed E-state index contributed by atoms with van der Waals surface area (Å²) in [4.78, 5) is 0. The Bertz CT molecular complexity index is 6.00. The van der Waals surface area contributed by atoms with Crippen molar-refractivity contribution in [3.8, 4) is 0 Å². The third-order valence-electron chi connectivity index (χ3n) is 0. The zero-order valence-electron chi connectivity index (χ0n) is 2.04. The number of hydrogen-bond donors (Lipinski definition) is 0. The van der Waals surface area contributed by atoms with Crippen molar-refractivity contribution in [2.45, 2.75) is 0 Å². The molecule has 0 nitrogen and oxygen atoms in total. The van der Waals surface area contributed by atoms with E-state index in [-0.39, 0.29) is 8.41 Å². The summed E-state index contributed by atoms with van der Waals surface area (Å²) >= 11 is 9.81. The van der Waals surface area contributed by atoms with E-state index in [0.717, 1.165) is 0 Å². The molecule has 0 aliphatic carbocycles. The Morgan fingerprint density at radius 3 is 1.25 bits per heavy atom. The molecule has 23 valence electrons. The molecule has 0 saturated carbocycles. The van der Waals surface area contributed by atoms with Gasteiger partial charge in [-0.25, -0.2) is 0 Å². The Morgan fingerprint density at radius 2 is 1.25 bits per heavy atom. The second kappa shape index (κ2) is 9.12.